The Morgan fingerprint density at radius 1 is 1.10 bits per heavy atom. The third kappa shape index (κ3) is 6.07. The minimum atomic E-state index is -0.244. The highest BCUT2D eigenvalue weighted by Crippen LogP contribution is 2.20. The number of nitrogens with zero attached hydrogens (tertiary/aromatic N) is 3. The Kier molecular flexibility index (Phi) is 7.65. The van der Waals surface area contributed by atoms with E-state index in [1.54, 1.807) is 17.0 Å². The number of anilines is 1. The van der Waals surface area contributed by atoms with Crippen molar-refractivity contribution in [3.05, 3.63) is 60.2 Å². The number of hydrogen-bond acceptors (Lipinski definition) is 4. The Morgan fingerprint density at radius 2 is 1.87 bits per heavy atom. The lowest BCUT2D eigenvalue weighted by Gasteiger charge is -2.25. The van der Waals surface area contributed by atoms with Gasteiger partial charge < -0.3 is 14.5 Å². The molecular weight excluding hydrogens is 394 g/mol. The number of ether oxygens (including phenoxy) is 1. The first kappa shape index (κ1) is 22.3. The number of unbranched alkanes of at least 4 members (excludes halogenated alkanes) is 1. The van der Waals surface area contributed by atoms with Crippen LogP contribution in [0.3, 0.4) is 0 Å². The Bertz CT molecular complexity index is 916. The molecular formula is C24H29N3O4. The first-order valence-corrected chi connectivity index (χ1v) is 10.6. The SMILES string of the molecule is CCCCN(CC(=O)N1CC(=O)N(c2cccc(C)c2)C1)C(=O)COc1ccccc1. The number of carbonyl (C=O) groups is 3. The van der Waals surface area contributed by atoms with E-state index in [1.165, 1.54) is 9.80 Å². The first-order chi connectivity index (χ1) is 15.0. The van der Waals surface area contributed by atoms with Crippen LogP contribution in [0.15, 0.2) is 54.6 Å². The highest BCUT2D eigenvalue weighted by atomic mass is 16.5. The van der Waals surface area contributed by atoms with E-state index >= 15 is 0 Å². The monoisotopic (exact) mass is 423 g/mol. The molecule has 0 N–H and O–H groups in total. The van der Waals surface area contributed by atoms with Crippen molar-refractivity contribution < 1.29 is 19.1 Å². The van der Waals surface area contributed by atoms with E-state index < -0.39 is 0 Å². The van der Waals surface area contributed by atoms with Crippen molar-refractivity contribution >= 4 is 23.4 Å². The zero-order valence-electron chi connectivity index (χ0n) is 18.1. The van der Waals surface area contributed by atoms with Gasteiger partial charge in [0.15, 0.2) is 6.61 Å². The van der Waals surface area contributed by atoms with Crippen LogP contribution in [-0.4, -0.2) is 60.4 Å². The second-order valence-electron chi connectivity index (χ2n) is 7.66. The Morgan fingerprint density at radius 3 is 2.58 bits per heavy atom. The smallest absolute Gasteiger partial charge is 0.260 e. The average molecular weight is 424 g/mol. The third-order valence-electron chi connectivity index (χ3n) is 5.17. The lowest BCUT2D eigenvalue weighted by atomic mass is 10.2. The van der Waals surface area contributed by atoms with Crippen molar-refractivity contribution in [3.63, 3.8) is 0 Å². The van der Waals surface area contributed by atoms with Crippen molar-refractivity contribution in [2.75, 3.05) is 37.8 Å². The van der Waals surface area contributed by atoms with E-state index in [0.717, 1.165) is 24.1 Å². The maximum atomic E-state index is 12.9. The summed E-state index contributed by atoms with van der Waals surface area (Å²) in [4.78, 5) is 42.7. The van der Waals surface area contributed by atoms with Crippen molar-refractivity contribution in [2.45, 2.75) is 26.7 Å². The van der Waals surface area contributed by atoms with Crippen LogP contribution in [0.4, 0.5) is 5.69 Å². The van der Waals surface area contributed by atoms with Gasteiger partial charge in [-0.15, -0.1) is 0 Å². The summed E-state index contributed by atoms with van der Waals surface area (Å²) in [5.74, 6) is -0.00580. The lowest BCUT2D eigenvalue weighted by molar-refractivity contribution is -0.141. The van der Waals surface area contributed by atoms with Crippen LogP contribution in [0.5, 0.6) is 5.75 Å². The van der Waals surface area contributed by atoms with Crippen LogP contribution in [0, 0.1) is 6.92 Å². The van der Waals surface area contributed by atoms with Crippen LogP contribution in [-0.2, 0) is 14.4 Å². The molecule has 1 fully saturated rings. The van der Waals surface area contributed by atoms with Crippen LogP contribution in [0.1, 0.15) is 25.3 Å². The molecule has 7 nitrogen and oxygen atoms in total. The molecule has 3 rings (SSSR count). The first-order valence-electron chi connectivity index (χ1n) is 10.6. The van der Waals surface area contributed by atoms with Crippen LogP contribution < -0.4 is 9.64 Å². The van der Waals surface area contributed by atoms with E-state index in [9.17, 15) is 14.4 Å². The molecule has 0 unspecified atom stereocenters. The number of amides is 3. The second-order valence-corrected chi connectivity index (χ2v) is 7.66. The molecule has 2 aromatic carbocycles. The molecule has 0 aliphatic carbocycles. The summed E-state index contributed by atoms with van der Waals surface area (Å²) in [6.07, 6.45) is 1.69. The number of hydrogen-bond donors (Lipinski definition) is 0. The molecule has 0 saturated carbocycles. The van der Waals surface area contributed by atoms with Crippen LogP contribution in [0.25, 0.3) is 0 Å². The Labute approximate surface area is 183 Å². The van der Waals surface area contributed by atoms with Crippen molar-refractivity contribution in [2.24, 2.45) is 0 Å². The van der Waals surface area contributed by atoms with Gasteiger partial charge in [0.2, 0.25) is 11.8 Å². The maximum Gasteiger partial charge on any atom is 0.260 e. The standard InChI is InChI=1S/C24H29N3O4/c1-3-4-13-25(24(30)17-31-21-11-6-5-7-12-21)15-22(28)26-16-23(29)27(18-26)20-10-8-9-19(2)14-20/h5-12,14H,3-4,13,15-18H2,1-2H3. The molecule has 31 heavy (non-hydrogen) atoms. The number of benzene rings is 2. The second kappa shape index (κ2) is 10.6. The molecule has 0 aromatic heterocycles. The van der Waals surface area contributed by atoms with Gasteiger partial charge in [0, 0.05) is 12.2 Å². The minimum Gasteiger partial charge on any atom is -0.484 e. The summed E-state index contributed by atoms with van der Waals surface area (Å²) >= 11 is 0. The predicted octanol–water partition coefficient (Wildman–Crippen LogP) is 2.84. The highest BCUT2D eigenvalue weighted by Gasteiger charge is 2.33. The van der Waals surface area contributed by atoms with Gasteiger partial charge >= 0.3 is 0 Å². The molecule has 0 radical (unpaired) electrons. The topological polar surface area (TPSA) is 70.2 Å². The number of carbonyl (C=O) groups excluding carboxylic acids is 3. The van der Waals surface area contributed by atoms with E-state index in [1.807, 2.05) is 56.3 Å². The average Bonchev–Trinajstić information content (AvgIpc) is 3.17. The predicted molar refractivity (Wildman–Crippen MR) is 119 cm³/mol. The fraction of sp³-hybridized carbons (Fsp3) is 0.375. The van der Waals surface area contributed by atoms with Gasteiger partial charge in [0.05, 0.1) is 6.54 Å². The van der Waals surface area contributed by atoms with Gasteiger partial charge in [-0.05, 0) is 43.2 Å². The number of para-hydroxylation sites is 1. The summed E-state index contributed by atoms with van der Waals surface area (Å²) in [5.41, 5.74) is 1.82. The van der Waals surface area contributed by atoms with E-state index in [2.05, 4.69) is 0 Å². The van der Waals surface area contributed by atoms with E-state index in [4.69, 9.17) is 4.74 Å². The van der Waals surface area contributed by atoms with Crippen LogP contribution in [0.2, 0.25) is 0 Å². The van der Waals surface area contributed by atoms with E-state index in [-0.39, 0.29) is 44.1 Å². The summed E-state index contributed by atoms with van der Waals surface area (Å²) in [6, 6.07) is 16.7. The zero-order chi connectivity index (χ0) is 22.2. The van der Waals surface area contributed by atoms with Crippen molar-refractivity contribution in [1.82, 2.24) is 9.80 Å². The molecule has 1 saturated heterocycles. The van der Waals surface area contributed by atoms with Gasteiger partial charge in [-0.3, -0.25) is 19.3 Å². The lowest BCUT2D eigenvalue weighted by Crippen LogP contribution is -2.44. The normalized spacial score (nSPS) is 13.4. The molecule has 1 aliphatic rings. The van der Waals surface area contributed by atoms with Gasteiger partial charge in [-0.25, -0.2) is 0 Å². The summed E-state index contributed by atoms with van der Waals surface area (Å²) in [7, 11) is 0. The van der Waals surface area contributed by atoms with Gasteiger partial charge in [-0.1, -0.05) is 43.7 Å². The van der Waals surface area contributed by atoms with Gasteiger partial charge in [0.1, 0.15) is 19.0 Å². The fourth-order valence-electron chi connectivity index (χ4n) is 3.39. The molecule has 2 aromatic rings. The third-order valence-corrected chi connectivity index (χ3v) is 5.17. The van der Waals surface area contributed by atoms with E-state index in [0.29, 0.717) is 12.3 Å². The van der Waals surface area contributed by atoms with Crippen molar-refractivity contribution in [3.8, 4) is 5.75 Å². The molecule has 1 aliphatic heterocycles. The molecule has 1 heterocycles. The van der Waals surface area contributed by atoms with Crippen LogP contribution >= 0.6 is 0 Å². The minimum absolute atomic E-state index is 0.0170. The molecule has 164 valence electrons. The number of aryl methyl sites for hydroxylation is 1. The molecule has 0 atom stereocenters. The molecule has 3 amide bonds. The molecule has 0 spiro atoms. The molecule has 7 heteroatoms. The largest absolute Gasteiger partial charge is 0.484 e. The van der Waals surface area contributed by atoms with Crippen molar-refractivity contribution in [1.29, 1.82) is 0 Å². The van der Waals surface area contributed by atoms with Gasteiger partial charge in [0.25, 0.3) is 5.91 Å². The fourth-order valence-corrected chi connectivity index (χ4v) is 3.39. The Hall–Kier alpha value is -3.35. The summed E-state index contributed by atoms with van der Waals surface area (Å²) in [5, 5.41) is 0. The Balaban J connectivity index is 1.60. The zero-order valence-corrected chi connectivity index (χ0v) is 18.1. The maximum absolute atomic E-state index is 12.9. The van der Waals surface area contributed by atoms with Gasteiger partial charge in [-0.2, -0.15) is 0 Å². The number of rotatable bonds is 9. The quantitative estimate of drug-likeness (QED) is 0.622. The summed E-state index contributed by atoms with van der Waals surface area (Å²) < 4.78 is 5.56. The summed E-state index contributed by atoms with van der Waals surface area (Å²) in [6.45, 7) is 4.48. The molecule has 0 bridgehead atoms. The highest BCUT2D eigenvalue weighted by molar-refractivity contribution is 6.00.